The summed E-state index contributed by atoms with van der Waals surface area (Å²) in [5, 5.41) is 11.1. The molecule has 0 atom stereocenters. The van der Waals surface area contributed by atoms with Crippen molar-refractivity contribution in [2.45, 2.75) is 19.8 Å². The normalized spacial score (nSPS) is 9.89. The Labute approximate surface area is 106 Å². The predicted molar refractivity (Wildman–Crippen MR) is 66.9 cm³/mol. The molecule has 2 N–H and O–H groups in total. The minimum Gasteiger partial charge on any atom is -0.496 e. The van der Waals surface area contributed by atoms with Gasteiger partial charge in [0.2, 0.25) is 0 Å². The van der Waals surface area contributed by atoms with Gasteiger partial charge in [-0.25, -0.2) is 0 Å². The maximum absolute atomic E-state index is 11.8. The number of ether oxygens (including phenoxy) is 1. The summed E-state index contributed by atoms with van der Waals surface area (Å²) < 4.78 is 5.14. The molecule has 0 aliphatic carbocycles. The third-order valence-corrected chi connectivity index (χ3v) is 2.45. The molecule has 0 unspecified atom stereocenters. The third kappa shape index (κ3) is 4.08. The number of benzene rings is 1. The van der Waals surface area contributed by atoms with Crippen molar-refractivity contribution in [2.75, 3.05) is 13.7 Å². The molecular formula is C13H17NO4. The number of nitrogens with one attached hydrogen (secondary N) is 1. The van der Waals surface area contributed by atoms with Crippen LogP contribution < -0.4 is 10.1 Å². The Morgan fingerprint density at radius 3 is 2.72 bits per heavy atom. The Morgan fingerprint density at radius 2 is 2.11 bits per heavy atom. The number of carboxylic acid groups (broad SMARTS) is 1. The molecule has 0 aliphatic heterocycles. The van der Waals surface area contributed by atoms with Crippen LogP contribution in [-0.2, 0) is 4.79 Å². The molecule has 5 nitrogen and oxygen atoms in total. The molecule has 0 fully saturated rings. The Bertz CT molecular complexity index is 443. The zero-order chi connectivity index (χ0) is 13.5. The average molecular weight is 251 g/mol. The Balaban J connectivity index is 2.58. The van der Waals surface area contributed by atoms with Gasteiger partial charge in [-0.05, 0) is 31.0 Å². The molecule has 5 heteroatoms. The van der Waals surface area contributed by atoms with Crippen LogP contribution >= 0.6 is 0 Å². The first kappa shape index (κ1) is 14.0. The van der Waals surface area contributed by atoms with E-state index in [-0.39, 0.29) is 12.3 Å². The second-order valence-electron chi connectivity index (χ2n) is 3.96. The Kier molecular flexibility index (Phi) is 5.17. The molecule has 1 rings (SSSR count). The maximum atomic E-state index is 11.8. The van der Waals surface area contributed by atoms with E-state index in [2.05, 4.69) is 5.32 Å². The van der Waals surface area contributed by atoms with Crippen molar-refractivity contribution in [2.24, 2.45) is 0 Å². The van der Waals surface area contributed by atoms with Gasteiger partial charge in [-0.3, -0.25) is 9.59 Å². The highest BCUT2D eigenvalue weighted by atomic mass is 16.5. The fraction of sp³-hybridized carbons (Fsp3) is 0.385. The minimum atomic E-state index is -0.864. The van der Waals surface area contributed by atoms with Gasteiger partial charge in [0.25, 0.3) is 5.91 Å². The highest BCUT2D eigenvalue weighted by molar-refractivity contribution is 5.97. The lowest BCUT2D eigenvalue weighted by atomic mass is 10.1. The zero-order valence-corrected chi connectivity index (χ0v) is 10.5. The summed E-state index contributed by atoms with van der Waals surface area (Å²) in [6.45, 7) is 2.25. The number of methoxy groups -OCH3 is 1. The second-order valence-corrected chi connectivity index (χ2v) is 3.96. The van der Waals surface area contributed by atoms with Gasteiger partial charge in [0, 0.05) is 13.0 Å². The van der Waals surface area contributed by atoms with Gasteiger partial charge in [-0.1, -0.05) is 6.07 Å². The fourth-order valence-corrected chi connectivity index (χ4v) is 1.52. The van der Waals surface area contributed by atoms with Crippen molar-refractivity contribution in [1.82, 2.24) is 5.32 Å². The van der Waals surface area contributed by atoms with E-state index in [0.717, 1.165) is 5.56 Å². The molecule has 1 amide bonds. The highest BCUT2D eigenvalue weighted by Gasteiger charge is 2.11. The lowest BCUT2D eigenvalue weighted by Crippen LogP contribution is -2.25. The molecule has 0 aliphatic rings. The number of aryl methyl sites for hydroxylation is 1. The number of hydrogen-bond acceptors (Lipinski definition) is 3. The quantitative estimate of drug-likeness (QED) is 0.753. The molecule has 0 saturated carbocycles. The van der Waals surface area contributed by atoms with Crippen molar-refractivity contribution in [3.8, 4) is 5.75 Å². The number of carboxylic acids is 1. The van der Waals surface area contributed by atoms with Gasteiger partial charge >= 0.3 is 5.97 Å². The van der Waals surface area contributed by atoms with Crippen LogP contribution in [0.4, 0.5) is 0 Å². The summed E-state index contributed by atoms with van der Waals surface area (Å²) in [5.41, 5.74) is 1.47. The van der Waals surface area contributed by atoms with Crippen LogP contribution in [0.5, 0.6) is 5.75 Å². The first-order chi connectivity index (χ1) is 8.54. The summed E-state index contributed by atoms with van der Waals surface area (Å²) in [5.74, 6) is -0.597. The molecule has 0 saturated heterocycles. The van der Waals surface area contributed by atoms with E-state index >= 15 is 0 Å². The van der Waals surface area contributed by atoms with Gasteiger partial charge in [0.15, 0.2) is 0 Å². The van der Waals surface area contributed by atoms with E-state index in [1.54, 1.807) is 12.1 Å². The van der Waals surface area contributed by atoms with Gasteiger partial charge in [0.1, 0.15) is 5.75 Å². The third-order valence-electron chi connectivity index (χ3n) is 2.45. The summed E-state index contributed by atoms with van der Waals surface area (Å²) in [6, 6.07) is 5.31. The van der Waals surface area contributed by atoms with E-state index in [9.17, 15) is 9.59 Å². The molecule has 1 aromatic rings. The molecule has 0 bridgehead atoms. The van der Waals surface area contributed by atoms with Crippen LogP contribution in [0, 0.1) is 6.92 Å². The molecular weight excluding hydrogens is 234 g/mol. The first-order valence-electron chi connectivity index (χ1n) is 5.69. The number of aliphatic carboxylic acids is 1. The fourth-order valence-electron chi connectivity index (χ4n) is 1.52. The number of hydrogen-bond donors (Lipinski definition) is 2. The van der Waals surface area contributed by atoms with E-state index in [1.165, 1.54) is 7.11 Å². The zero-order valence-electron chi connectivity index (χ0n) is 10.5. The largest absolute Gasteiger partial charge is 0.496 e. The smallest absolute Gasteiger partial charge is 0.303 e. The standard InChI is InChI=1S/C13H17NO4/c1-9-5-6-10(11(8-9)18-2)13(17)14-7-3-4-12(15)16/h5-6,8H,3-4,7H2,1-2H3,(H,14,17)(H,15,16). The van der Waals surface area contributed by atoms with Gasteiger partial charge in [-0.2, -0.15) is 0 Å². The van der Waals surface area contributed by atoms with Crippen LogP contribution in [0.1, 0.15) is 28.8 Å². The van der Waals surface area contributed by atoms with E-state index in [1.807, 2.05) is 13.0 Å². The Hall–Kier alpha value is -2.04. The number of carbonyl (C=O) groups is 2. The maximum Gasteiger partial charge on any atom is 0.303 e. The number of amides is 1. The molecule has 98 valence electrons. The van der Waals surface area contributed by atoms with Crippen LogP contribution in [0.15, 0.2) is 18.2 Å². The topological polar surface area (TPSA) is 75.6 Å². The van der Waals surface area contributed by atoms with Crippen molar-refractivity contribution in [3.63, 3.8) is 0 Å². The minimum absolute atomic E-state index is 0.0469. The molecule has 1 aromatic carbocycles. The summed E-state index contributed by atoms with van der Waals surface area (Å²) >= 11 is 0. The van der Waals surface area contributed by atoms with Crippen LogP contribution in [-0.4, -0.2) is 30.6 Å². The van der Waals surface area contributed by atoms with Crippen molar-refractivity contribution in [3.05, 3.63) is 29.3 Å². The molecule has 0 spiro atoms. The molecule has 18 heavy (non-hydrogen) atoms. The SMILES string of the molecule is COc1cc(C)ccc1C(=O)NCCCC(=O)O. The van der Waals surface area contributed by atoms with Gasteiger partial charge in [0.05, 0.1) is 12.7 Å². The summed E-state index contributed by atoms with van der Waals surface area (Å²) in [4.78, 5) is 22.2. The molecule has 0 aromatic heterocycles. The molecule has 0 heterocycles. The number of rotatable bonds is 6. The van der Waals surface area contributed by atoms with E-state index in [0.29, 0.717) is 24.3 Å². The predicted octanol–water partition coefficient (Wildman–Crippen LogP) is 1.60. The second kappa shape index (κ2) is 6.64. The highest BCUT2D eigenvalue weighted by Crippen LogP contribution is 2.19. The molecule has 0 radical (unpaired) electrons. The summed E-state index contributed by atoms with van der Waals surface area (Å²) in [7, 11) is 1.51. The lowest BCUT2D eigenvalue weighted by molar-refractivity contribution is -0.137. The average Bonchev–Trinajstić information content (AvgIpc) is 2.33. The Morgan fingerprint density at radius 1 is 1.39 bits per heavy atom. The van der Waals surface area contributed by atoms with Crippen molar-refractivity contribution < 1.29 is 19.4 Å². The summed E-state index contributed by atoms with van der Waals surface area (Å²) in [6.07, 6.45) is 0.459. The van der Waals surface area contributed by atoms with Crippen LogP contribution in [0.3, 0.4) is 0 Å². The lowest BCUT2D eigenvalue weighted by Gasteiger charge is -2.09. The monoisotopic (exact) mass is 251 g/mol. The van der Waals surface area contributed by atoms with Crippen molar-refractivity contribution >= 4 is 11.9 Å². The van der Waals surface area contributed by atoms with Crippen LogP contribution in [0.25, 0.3) is 0 Å². The first-order valence-corrected chi connectivity index (χ1v) is 5.69. The van der Waals surface area contributed by atoms with Crippen LogP contribution in [0.2, 0.25) is 0 Å². The van der Waals surface area contributed by atoms with E-state index < -0.39 is 5.97 Å². The van der Waals surface area contributed by atoms with E-state index in [4.69, 9.17) is 9.84 Å². The van der Waals surface area contributed by atoms with Gasteiger partial charge < -0.3 is 15.2 Å². The van der Waals surface area contributed by atoms with Crippen molar-refractivity contribution in [1.29, 1.82) is 0 Å². The number of carbonyl (C=O) groups excluding carboxylic acids is 1. The van der Waals surface area contributed by atoms with Gasteiger partial charge in [-0.15, -0.1) is 0 Å².